The average Bonchev–Trinajstić information content (AvgIpc) is 2.76. The van der Waals surface area contributed by atoms with E-state index in [1.54, 1.807) is 6.20 Å². The molecule has 0 aliphatic carbocycles. The number of imidazole rings is 1. The molecule has 0 amide bonds. The largest absolute Gasteiger partial charge is 0.325 e. The summed E-state index contributed by atoms with van der Waals surface area (Å²) in [6.07, 6.45) is 4.48. The molecule has 0 saturated heterocycles. The molecule has 16 heavy (non-hydrogen) atoms. The lowest BCUT2D eigenvalue weighted by Crippen LogP contribution is -2.09. The molecule has 2 rings (SSSR count). The number of hydrogen-bond acceptors (Lipinski definition) is 4. The minimum Gasteiger partial charge on any atom is -0.325 e. The molecule has 0 aromatic carbocycles. The van der Waals surface area contributed by atoms with Crippen molar-refractivity contribution in [1.82, 2.24) is 19.5 Å². The Hall–Kier alpha value is -1.75. The highest BCUT2D eigenvalue weighted by Gasteiger charge is 2.07. The number of nitrogens with two attached hydrogens (primary N) is 1. The topological polar surface area (TPSA) is 69.6 Å². The maximum absolute atomic E-state index is 5.60. The summed E-state index contributed by atoms with van der Waals surface area (Å²) in [6.45, 7) is 4.41. The fourth-order valence-electron chi connectivity index (χ4n) is 1.61. The molecular weight excluding hydrogens is 202 g/mol. The molecule has 0 saturated carbocycles. The van der Waals surface area contributed by atoms with Crippen LogP contribution in [0.2, 0.25) is 0 Å². The van der Waals surface area contributed by atoms with Crippen LogP contribution in [0.15, 0.2) is 18.5 Å². The summed E-state index contributed by atoms with van der Waals surface area (Å²) in [7, 11) is 0. The number of nitrogens with zero attached hydrogens (tertiary/aromatic N) is 4. The molecular formula is C11H15N5. The highest BCUT2D eigenvalue weighted by atomic mass is 15.2. The predicted octanol–water partition coefficient (Wildman–Crippen LogP) is 0.992. The minimum absolute atomic E-state index is 0.423. The van der Waals surface area contributed by atoms with Crippen molar-refractivity contribution in [2.24, 2.45) is 5.73 Å². The normalized spacial score (nSPS) is 10.7. The third kappa shape index (κ3) is 1.94. The molecule has 2 N–H and O–H groups in total. The average molecular weight is 217 g/mol. The van der Waals surface area contributed by atoms with Crippen LogP contribution in [0, 0.1) is 6.92 Å². The smallest absolute Gasteiger partial charge is 0.235 e. The van der Waals surface area contributed by atoms with Gasteiger partial charge >= 0.3 is 0 Å². The van der Waals surface area contributed by atoms with Crippen molar-refractivity contribution in [3.8, 4) is 5.95 Å². The lowest BCUT2D eigenvalue weighted by Gasteiger charge is -2.07. The van der Waals surface area contributed by atoms with Crippen LogP contribution in [0.3, 0.4) is 0 Å². The van der Waals surface area contributed by atoms with Gasteiger partial charge in [0, 0.05) is 31.1 Å². The van der Waals surface area contributed by atoms with Gasteiger partial charge in [-0.05, 0) is 13.0 Å². The molecule has 2 aromatic rings. The van der Waals surface area contributed by atoms with E-state index in [0.29, 0.717) is 12.5 Å². The van der Waals surface area contributed by atoms with Crippen LogP contribution >= 0.6 is 0 Å². The molecule has 2 heterocycles. The molecule has 5 heteroatoms. The Morgan fingerprint density at radius 1 is 1.38 bits per heavy atom. The van der Waals surface area contributed by atoms with Crippen molar-refractivity contribution in [3.63, 3.8) is 0 Å². The van der Waals surface area contributed by atoms with Gasteiger partial charge in [0.15, 0.2) is 0 Å². The Labute approximate surface area is 94.4 Å². The molecule has 0 fully saturated rings. The van der Waals surface area contributed by atoms with Crippen LogP contribution in [-0.2, 0) is 13.0 Å². The van der Waals surface area contributed by atoms with Crippen molar-refractivity contribution < 1.29 is 0 Å². The maximum atomic E-state index is 5.60. The van der Waals surface area contributed by atoms with Gasteiger partial charge in [-0.3, -0.25) is 4.57 Å². The quantitative estimate of drug-likeness (QED) is 0.832. The lowest BCUT2D eigenvalue weighted by atomic mass is 10.3. The van der Waals surface area contributed by atoms with Gasteiger partial charge in [-0.1, -0.05) is 6.92 Å². The molecule has 84 valence electrons. The molecule has 5 nitrogen and oxygen atoms in total. The standard InChI is InChI=1S/C11H15N5/c1-3-10-13-4-5-16(10)11-14-8(2)6-9(7-12)15-11/h4-6H,3,7,12H2,1-2H3. The van der Waals surface area contributed by atoms with E-state index < -0.39 is 0 Å². The van der Waals surface area contributed by atoms with Crippen LogP contribution in [-0.4, -0.2) is 19.5 Å². The second kappa shape index (κ2) is 4.40. The van der Waals surface area contributed by atoms with Gasteiger partial charge in [0.1, 0.15) is 5.82 Å². The van der Waals surface area contributed by atoms with Crippen molar-refractivity contribution >= 4 is 0 Å². The maximum Gasteiger partial charge on any atom is 0.235 e. The summed E-state index contributed by atoms with van der Waals surface area (Å²) in [4.78, 5) is 13.0. The zero-order valence-electron chi connectivity index (χ0n) is 9.51. The Kier molecular flexibility index (Phi) is 2.96. The molecule has 0 aliphatic heterocycles. The third-order valence-electron chi connectivity index (χ3n) is 2.35. The SMILES string of the molecule is CCc1nccn1-c1nc(C)cc(CN)n1. The van der Waals surface area contributed by atoms with Crippen LogP contribution in [0.1, 0.15) is 24.1 Å². The van der Waals surface area contributed by atoms with Gasteiger partial charge in [-0.25, -0.2) is 15.0 Å². The number of rotatable bonds is 3. The number of aromatic nitrogens is 4. The summed E-state index contributed by atoms with van der Waals surface area (Å²) in [5.41, 5.74) is 7.36. The number of hydrogen-bond donors (Lipinski definition) is 1. The summed E-state index contributed by atoms with van der Waals surface area (Å²) in [6, 6.07) is 1.89. The Morgan fingerprint density at radius 2 is 2.19 bits per heavy atom. The van der Waals surface area contributed by atoms with E-state index in [2.05, 4.69) is 21.9 Å². The summed E-state index contributed by atoms with van der Waals surface area (Å²) < 4.78 is 1.90. The molecule has 0 aliphatic rings. The van der Waals surface area contributed by atoms with E-state index in [-0.39, 0.29) is 0 Å². The first-order chi connectivity index (χ1) is 7.74. The highest BCUT2D eigenvalue weighted by Crippen LogP contribution is 2.08. The Bertz CT molecular complexity index is 489. The van der Waals surface area contributed by atoms with Crippen molar-refractivity contribution in [2.75, 3.05) is 0 Å². The van der Waals surface area contributed by atoms with Gasteiger partial charge in [0.05, 0.1) is 5.69 Å². The van der Waals surface area contributed by atoms with Crippen LogP contribution in [0.5, 0.6) is 0 Å². The first-order valence-electron chi connectivity index (χ1n) is 5.31. The van der Waals surface area contributed by atoms with Crippen LogP contribution in [0.4, 0.5) is 0 Å². The number of aryl methyl sites for hydroxylation is 2. The highest BCUT2D eigenvalue weighted by molar-refractivity contribution is 5.21. The summed E-state index contributed by atoms with van der Waals surface area (Å²) in [5, 5.41) is 0. The van der Waals surface area contributed by atoms with E-state index in [9.17, 15) is 0 Å². The van der Waals surface area contributed by atoms with Gasteiger partial charge in [0.2, 0.25) is 5.95 Å². The minimum atomic E-state index is 0.423. The van der Waals surface area contributed by atoms with E-state index in [1.165, 1.54) is 0 Å². The van der Waals surface area contributed by atoms with Crippen LogP contribution < -0.4 is 5.73 Å². The summed E-state index contributed by atoms with van der Waals surface area (Å²) >= 11 is 0. The zero-order chi connectivity index (χ0) is 11.5. The molecule has 0 atom stereocenters. The van der Waals surface area contributed by atoms with Gasteiger partial charge in [-0.2, -0.15) is 0 Å². The summed E-state index contributed by atoms with van der Waals surface area (Å²) in [5.74, 6) is 1.60. The van der Waals surface area contributed by atoms with Gasteiger partial charge < -0.3 is 5.73 Å². The van der Waals surface area contributed by atoms with Crippen LogP contribution in [0.25, 0.3) is 5.95 Å². The fraction of sp³-hybridized carbons (Fsp3) is 0.364. The van der Waals surface area contributed by atoms with Gasteiger partial charge in [0.25, 0.3) is 0 Å². The van der Waals surface area contributed by atoms with Crippen molar-refractivity contribution in [1.29, 1.82) is 0 Å². The zero-order valence-corrected chi connectivity index (χ0v) is 9.51. The lowest BCUT2D eigenvalue weighted by molar-refractivity contribution is 0.809. The Balaban J connectivity index is 2.51. The predicted molar refractivity (Wildman–Crippen MR) is 61.2 cm³/mol. The fourth-order valence-corrected chi connectivity index (χ4v) is 1.61. The first-order valence-corrected chi connectivity index (χ1v) is 5.31. The molecule has 0 radical (unpaired) electrons. The van der Waals surface area contributed by atoms with E-state index in [1.807, 2.05) is 23.8 Å². The Morgan fingerprint density at radius 3 is 2.88 bits per heavy atom. The second-order valence-electron chi connectivity index (χ2n) is 3.57. The van der Waals surface area contributed by atoms with E-state index >= 15 is 0 Å². The third-order valence-corrected chi connectivity index (χ3v) is 2.35. The van der Waals surface area contributed by atoms with Crippen molar-refractivity contribution in [3.05, 3.63) is 35.7 Å². The van der Waals surface area contributed by atoms with E-state index in [0.717, 1.165) is 23.6 Å². The first kappa shape index (κ1) is 10.8. The van der Waals surface area contributed by atoms with Crippen molar-refractivity contribution in [2.45, 2.75) is 26.8 Å². The molecule has 2 aromatic heterocycles. The monoisotopic (exact) mass is 217 g/mol. The molecule has 0 unspecified atom stereocenters. The van der Waals surface area contributed by atoms with Gasteiger partial charge in [-0.15, -0.1) is 0 Å². The van der Waals surface area contributed by atoms with E-state index in [4.69, 9.17) is 5.73 Å². The molecule has 0 bridgehead atoms. The second-order valence-corrected chi connectivity index (χ2v) is 3.57. The molecule has 0 spiro atoms.